The monoisotopic (exact) mass is 455 g/mol. The van der Waals surface area contributed by atoms with Crippen molar-refractivity contribution in [1.29, 1.82) is 0 Å². The fourth-order valence-electron chi connectivity index (χ4n) is 3.87. The number of primary amides is 1. The molecule has 2 rings (SSSR count). The molecule has 0 radical (unpaired) electrons. The zero-order valence-corrected chi connectivity index (χ0v) is 17.5. The number of likely N-dealkylation sites (tertiary alicyclic amines) is 1. The molecule has 0 bridgehead atoms. The molecule has 2 saturated heterocycles. The van der Waals surface area contributed by atoms with Crippen molar-refractivity contribution in [2.45, 2.75) is 69.1 Å². The second-order valence-electron chi connectivity index (χ2n) is 7.90. The predicted octanol–water partition coefficient (Wildman–Crippen LogP) is -2.48. The average Bonchev–Trinajstić information content (AvgIpc) is 3.41. The minimum atomic E-state index is -1.64. The van der Waals surface area contributed by atoms with Crippen molar-refractivity contribution >= 4 is 35.6 Å². The zero-order valence-electron chi connectivity index (χ0n) is 17.5. The number of nitrogens with zero attached hydrogens (tertiary/aromatic N) is 1. The van der Waals surface area contributed by atoms with E-state index in [1.54, 1.807) is 0 Å². The molecule has 13 heteroatoms. The number of carbonyl (C=O) groups is 6. The summed E-state index contributed by atoms with van der Waals surface area (Å²) in [4.78, 5) is 72.9. The van der Waals surface area contributed by atoms with Crippen LogP contribution in [0.4, 0.5) is 0 Å². The quantitative estimate of drug-likeness (QED) is 0.195. The Kier molecular flexibility index (Phi) is 8.93. The topological polar surface area (TPSA) is 208 Å². The number of hydrogen-bond acceptors (Lipinski definition) is 7. The van der Waals surface area contributed by atoms with E-state index >= 15 is 0 Å². The summed E-state index contributed by atoms with van der Waals surface area (Å²) in [5, 5.41) is 25.8. The number of nitrogens with two attached hydrogens (primary N) is 1. The lowest BCUT2D eigenvalue weighted by molar-refractivity contribution is -0.148. The molecule has 4 amide bonds. The fraction of sp³-hybridized carbons (Fsp3) is 0.684. The van der Waals surface area contributed by atoms with Gasteiger partial charge in [-0.2, -0.15) is 0 Å². The summed E-state index contributed by atoms with van der Waals surface area (Å²) in [5.74, 6) is -5.32. The van der Waals surface area contributed by atoms with E-state index in [0.29, 0.717) is 19.4 Å². The molecule has 0 saturated carbocycles. The number of carboxylic acid groups (broad SMARTS) is 2. The van der Waals surface area contributed by atoms with Crippen LogP contribution in [0, 0.1) is 0 Å². The van der Waals surface area contributed by atoms with Gasteiger partial charge in [-0.05, 0) is 38.6 Å². The number of carbonyl (C=O) groups excluding carboxylic acids is 4. The van der Waals surface area contributed by atoms with Gasteiger partial charge in [0.15, 0.2) is 0 Å². The van der Waals surface area contributed by atoms with E-state index in [-0.39, 0.29) is 25.8 Å². The van der Waals surface area contributed by atoms with E-state index in [1.807, 2.05) is 0 Å². The molecule has 32 heavy (non-hydrogen) atoms. The van der Waals surface area contributed by atoms with Crippen LogP contribution in [0.3, 0.4) is 0 Å². The van der Waals surface area contributed by atoms with Gasteiger partial charge in [0.25, 0.3) is 0 Å². The van der Waals surface area contributed by atoms with Gasteiger partial charge in [0, 0.05) is 13.0 Å². The van der Waals surface area contributed by atoms with E-state index < -0.39 is 66.2 Å². The van der Waals surface area contributed by atoms with Crippen LogP contribution in [0.25, 0.3) is 0 Å². The normalized spacial score (nSPS) is 22.1. The molecule has 178 valence electrons. The molecule has 0 aliphatic carbocycles. The highest BCUT2D eigenvalue weighted by atomic mass is 16.4. The second-order valence-corrected chi connectivity index (χ2v) is 7.90. The standard InChI is InChI=1S/C19H29N5O8/c20-14(25)6-5-11(22-16(28)10-3-1-7-21-10)18(30)24-8-2-4-13(24)17(29)23-12(19(31)32)9-15(26)27/h10-13,21H,1-9H2,(H2,20,25)(H,22,28)(H,23,29)(H,26,27)(H,31,32). The molecule has 13 nitrogen and oxygen atoms in total. The summed E-state index contributed by atoms with van der Waals surface area (Å²) in [5.41, 5.74) is 5.19. The minimum Gasteiger partial charge on any atom is -0.481 e. The maximum atomic E-state index is 13.2. The molecule has 0 spiro atoms. The summed E-state index contributed by atoms with van der Waals surface area (Å²) in [6.07, 6.45) is 1.12. The van der Waals surface area contributed by atoms with Gasteiger partial charge in [0.1, 0.15) is 18.1 Å². The average molecular weight is 455 g/mol. The van der Waals surface area contributed by atoms with Crippen molar-refractivity contribution in [3.8, 4) is 0 Å². The number of nitrogens with one attached hydrogen (secondary N) is 3. The number of amides is 4. The Bertz CT molecular complexity index is 767. The van der Waals surface area contributed by atoms with Gasteiger partial charge in [-0.25, -0.2) is 4.79 Å². The van der Waals surface area contributed by atoms with Crippen LogP contribution in [-0.2, 0) is 28.8 Å². The van der Waals surface area contributed by atoms with Crippen molar-refractivity contribution in [1.82, 2.24) is 20.9 Å². The Balaban J connectivity index is 2.10. The van der Waals surface area contributed by atoms with Crippen molar-refractivity contribution in [2.75, 3.05) is 13.1 Å². The van der Waals surface area contributed by atoms with Gasteiger partial charge in [-0.15, -0.1) is 0 Å². The van der Waals surface area contributed by atoms with Crippen LogP contribution in [0.5, 0.6) is 0 Å². The third kappa shape index (κ3) is 6.90. The molecule has 0 aromatic heterocycles. The number of hydrogen-bond donors (Lipinski definition) is 6. The van der Waals surface area contributed by atoms with Crippen LogP contribution in [0.2, 0.25) is 0 Å². The van der Waals surface area contributed by atoms with E-state index in [1.165, 1.54) is 4.90 Å². The van der Waals surface area contributed by atoms with Crippen LogP contribution in [0.15, 0.2) is 0 Å². The molecule has 0 aromatic carbocycles. The Hall–Kier alpha value is -3.22. The highest BCUT2D eigenvalue weighted by molar-refractivity contribution is 5.95. The minimum absolute atomic E-state index is 0.0474. The van der Waals surface area contributed by atoms with Crippen LogP contribution < -0.4 is 21.7 Å². The van der Waals surface area contributed by atoms with Crippen molar-refractivity contribution < 1.29 is 39.0 Å². The van der Waals surface area contributed by atoms with Gasteiger partial charge in [-0.3, -0.25) is 24.0 Å². The van der Waals surface area contributed by atoms with Gasteiger partial charge in [0.2, 0.25) is 23.6 Å². The zero-order chi connectivity index (χ0) is 23.8. The third-order valence-corrected chi connectivity index (χ3v) is 5.50. The summed E-state index contributed by atoms with van der Waals surface area (Å²) in [6.45, 7) is 0.867. The number of aliphatic carboxylic acids is 2. The summed E-state index contributed by atoms with van der Waals surface area (Å²) >= 11 is 0. The van der Waals surface area contributed by atoms with Crippen LogP contribution in [-0.4, -0.2) is 87.9 Å². The second kappa shape index (κ2) is 11.4. The Morgan fingerprint density at radius 3 is 2.25 bits per heavy atom. The molecule has 2 aliphatic heterocycles. The van der Waals surface area contributed by atoms with E-state index in [0.717, 1.165) is 6.42 Å². The first-order valence-corrected chi connectivity index (χ1v) is 10.5. The largest absolute Gasteiger partial charge is 0.481 e. The van der Waals surface area contributed by atoms with Crippen molar-refractivity contribution in [3.63, 3.8) is 0 Å². The molecule has 0 aromatic rings. The molecule has 2 aliphatic rings. The first-order valence-electron chi connectivity index (χ1n) is 10.5. The van der Waals surface area contributed by atoms with Gasteiger partial charge >= 0.3 is 11.9 Å². The summed E-state index contributed by atoms with van der Waals surface area (Å²) in [7, 11) is 0. The molecular formula is C19H29N5O8. The van der Waals surface area contributed by atoms with Gasteiger partial charge in [-0.1, -0.05) is 0 Å². The highest BCUT2D eigenvalue weighted by Gasteiger charge is 2.39. The van der Waals surface area contributed by atoms with Crippen LogP contribution >= 0.6 is 0 Å². The van der Waals surface area contributed by atoms with Crippen LogP contribution in [0.1, 0.15) is 44.9 Å². The Morgan fingerprint density at radius 2 is 1.69 bits per heavy atom. The molecule has 4 unspecified atom stereocenters. The molecule has 2 heterocycles. The maximum absolute atomic E-state index is 13.2. The summed E-state index contributed by atoms with van der Waals surface area (Å²) in [6, 6.07) is -4.20. The third-order valence-electron chi connectivity index (χ3n) is 5.50. The maximum Gasteiger partial charge on any atom is 0.326 e. The summed E-state index contributed by atoms with van der Waals surface area (Å²) < 4.78 is 0. The number of rotatable bonds is 11. The molecule has 2 fully saturated rings. The first-order chi connectivity index (χ1) is 15.1. The van der Waals surface area contributed by atoms with Gasteiger partial charge < -0.3 is 36.8 Å². The van der Waals surface area contributed by atoms with Crippen molar-refractivity contribution in [3.05, 3.63) is 0 Å². The highest BCUT2D eigenvalue weighted by Crippen LogP contribution is 2.20. The van der Waals surface area contributed by atoms with E-state index in [4.69, 9.17) is 15.9 Å². The van der Waals surface area contributed by atoms with Crippen molar-refractivity contribution in [2.24, 2.45) is 5.73 Å². The molecular weight excluding hydrogens is 426 g/mol. The van der Waals surface area contributed by atoms with E-state index in [9.17, 15) is 28.8 Å². The fourth-order valence-corrected chi connectivity index (χ4v) is 3.87. The Morgan fingerprint density at radius 1 is 1.00 bits per heavy atom. The van der Waals surface area contributed by atoms with Gasteiger partial charge in [0.05, 0.1) is 12.5 Å². The smallest absolute Gasteiger partial charge is 0.326 e. The SMILES string of the molecule is NC(=O)CCC(NC(=O)C1CCCN1)C(=O)N1CCCC1C(=O)NC(CC(=O)O)C(=O)O. The van der Waals surface area contributed by atoms with E-state index in [2.05, 4.69) is 16.0 Å². The molecule has 4 atom stereocenters. The number of carboxylic acids is 2. The lowest BCUT2D eigenvalue weighted by atomic mass is 10.1. The molecule has 7 N–H and O–H groups in total. The first kappa shape index (κ1) is 25.0. The predicted molar refractivity (Wildman–Crippen MR) is 108 cm³/mol. The Labute approximate surface area is 184 Å². The lowest BCUT2D eigenvalue weighted by Crippen LogP contribution is -2.57. The lowest BCUT2D eigenvalue weighted by Gasteiger charge is -2.29.